The van der Waals surface area contributed by atoms with Crippen LogP contribution in [-0.2, 0) is 22.6 Å². The first-order chi connectivity index (χ1) is 18.3. The molecule has 3 heterocycles. The van der Waals surface area contributed by atoms with Gasteiger partial charge in [-0.3, -0.25) is 19.4 Å². The number of fused-ring (bicyclic) bond motifs is 1. The summed E-state index contributed by atoms with van der Waals surface area (Å²) in [5.74, 6) is -0.861. The van der Waals surface area contributed by atoms with Crippen molar-refractivity contribution in [3.8, 4) is 0 Å². The standard InChI is InChI=1S/C29H30N4O4S/c1-19-9-6-7-12-22(19)17-33-28(37)25-29(33,2)38-18-32(25)27(36)24(34)23(15-20-10-4-3-5-11-20)31-26(35)21-13-8-14-30-16-21/h3-14,16,23-25,34H,15,17-18H2,1-2H3,(H,31,35)/t23-,24-,25+,29?/m0/s1. The molecule has 3 amide bonds. The predicted octanol–water partition coefficient (Wildman–Crippen LogP) is 2.75. The molecule has 4 atom stereocenters. The second-order valence-electron chi connectivity index (χ2n) is 9.85. The molecule has 2 aliphatic heterocycles. The summed E-state index contributed by atoms with van der Waals surface area (Å²) >= 11 is 1.52. The first-order valence-corrected chi connectivity index (χ1v) is 13.5. The molecule has 2 N–H and O–H groups in total. The van der Waals surface area contributed by atoms with Crippen LogP contribution < -0.4 is 5.32 Å². The number of carbonyl (C=O) groups is 3. The third-order valence-corrected chi connectivity index (χ3v) is 8.83. The molecule has 196 valence electrons. The number of aliphatic hydroxyl groups is 1. The average Bonchev–Trinajstić information content (AvgIpc) is 3.25. The molecule has 1 aromatic heterocycles. The Balaban J connectivity index is 1.33. The van der Waals surface area contributed by atoms with Crippen LogP contribution >= 0.6 is 11.8 Å². The highest BCUT2D eigenvalue weighted by molar-refractivity contribution is 8.01. The molecule has 0 aliphatic carbocycles. The van der Waals surface area contributed by atoms with Gasteiger partial charge in [0, 0.05) is 18.9 Å². The lowest BCUT2D eigenvalue weighted by molar-refractivity contribution is -0.168. The van der Waals surface area contributed by atoms with E-state index in [1.165, 1.54) is 22.9 Å². The van der Waals surface area contributed by atoms with E-state index in [0.29, 0.717) is 12.1 Å². The number of pyridine rings is 1. The third-order valence-electron chi connectivity index (χ3n) is 7.40. The quantitative estimate of drug-likeness (QED) is 0.434. The molecule has 0 saturated carbocycles. The van der Waals surface area contributed by atoms with Crippen molar-refractivity contribution in [3.63, 3.8) is 0 Å². The summed E-state index contributed by atoms with van der Waals surface area (Å²) in [5, 5.41) is 14.1. The Morgan fingerprint density at radius 1 is 1.13 bits per heavy atom. The van der Waals surface area contributed by atoms with Crippen molar-refractivity contribution < 1.29 is 19.5 Å². The van der Waals surface area contributed by atoms with Crippen LogP contribution in [0.25, 0.3) is 0 Å². The number of thioether (sulfide) groups is 1. The Hall–Kier alpha value is -3.69. The highest BCUT2D eigenvalue weighted by Crippen LogP contribution is 2.51. The number of hydrogen-bond acceptors (Lipinski definition) is 6. The number of benzene rings is 2. The van der Waals surface area contributed by atoms with E-state index in [2.05, 4.69) is 10.3 Å². The van der Waals surface area contributed by atoms with E-state index < -0.39 is 34.9 Å². The van der Waals surface area contributed by atoms with Crippen molar-refractivity contribution in [1.29, 1.82) is 0 Å². The topological polar surface area (TPSA) is 103 Å². The molecule has 1 unspecified atom stereocenters. The van der Waals surface area contributed by atoms with Gasteiger partial charge in [-0.05, 0) is 49.1 Å². The van der Waals surface area contributed by atoms with Gasteiger partial charge in [-0.1, -0.05) is 54.6 Å². The third kappa shape index (κ3) is 4.79. The average molecular weight is 531 g/mol. The SMILES string of the molecule is Cc1ccccc1CN1C(=O)[C@H]2N(C(=O)[C@@H](O)[C@H](Cc3ccccc3)NC(=O)c3cccnc3)CSC21C. The molecule has 2 fully saturated rings. The molecule has 5 rings (SSSR count). The fraction of sp³-hybridized carbons (Fsp3) is 0.310. The molecular formula is C29H30N4O4S. The first-order valence-electron chi connectivity index (χ1n) is 12.5. The zero-order valence-corrected chi connectivity index (χ0v) is 22.1. The summed E-state index contributed by atoms with van der Waals surface area (Å²) in [4.78, 5) is 46.5. The number of aromatic nitrogens is 1. The number of nitrogens with one attached hydrogen (secondary N) is 1. The van der Waals surface area contributed by atoms with Gasteiger partial charge in [-0.15, -0.1) is 11.8 Å². The van der Waals surface area contributed by atoms with Crippen LogP contribution in [-0.4, -0.2) is 66.5 Å². The molecule has 0 radical (unpaired) electrons. The van der Waals surface area contributed by atoms with Gasteiger partial charge in [-0.25, -0.2) is 0 Å². The minimum atomic E-state index is -1.53. The van der Waals surface area contributed by atoms with E-state index in [1.807, 2.05) is 68.4 Å². The van der Waals surface area contributed by atoms with Gasteiger partial charge in [0.2, 0.25) is 5.91 Å². The Labute approximate surface area is 226 Å². The second-order valence-corrected chi connectivity index (χ2v) is 11.2. The molecule has 3 aromatic rings. The van der Waals surface area contributed by atoms with Crippen molar-refractivity contribution in [2.45, 2.75) is 49.9 Å². The number of carbonyl (C=O) groups excluding carboxylic acids is 3. The largest absolute Gasteiger partial charge is 0.381 e. The maximum atomic E-state index is 13.6. The fourth-order valence-electron chi connectivity index (χ4n) is 5.12. The number of β-lactam (4-membered cyclic amide) rings is 1. The lowest BCUT2D eigenvalue weighted by Crippen LogP contribution is -2.73. The Kier molecular flexibility index (Phi) is 7.23. The number of nitrogens with zero attached hydrogens (tertiary/aromatic N) is 3. The van der Waals surface area contributed by atoms with Crippen molar-refractivity contribution in [1.82, 2.24) is 20.1 Å². The maximum absolute atomic E-state index is 13.6. The maximum Gasteiger partial charge on any atom is 0.255 e. The molecular weight excluding hydrogens is 500 g/mol. The number of aryl methyl sites for hydroxylation is 1. The highest BCUT2D eigenvalue weighted by Gasteiger charge is 2.65. The van der Waals surface area contributed by atoms with Crippen molar-refractivity contribution in [3.05, 3.63) is 101 Å². The Bertz CT molecular complexity index is 1340. The van der Waals surface area contributed by atoms with Crippen molar-refractivity contribution in [2.75, 3.05) is 5.88 Å². The van der Waals surface area contributed by atoms with Crippen LogP contribution in [0.5, 0.6) is 0 Å². The summed E-state index contributed by atoms with van der Waals surface area (Å²) in [5.41, 5.74) is 3.36. The number of likely N-dealkylation sites (tertiary alicyclic amines) is 1. The van der Waals surface area contributed by atoms with Crippen molar-refractivity contribution >= 4 is 29.5 Å². The van der Waals surface area contributed by atoms with E-state index in [0.717, 1.165) is 16.7 Å². The summed E-state index contributed by atoms with van der Waals surface area (Å²) < 4.78 is 0. The predicted molar refractivity (Wildman–Crippen MR) is 145 cm³/mol. The highest BCUT2D eigenvalue weighted by atomic mass is 32.2. The van der Waals surface area contributed by atoms with E-state index in [9.17, 15) is 19.5 Å². The van der Waals surface area contributed by atoms with Gasteiger partial charge in [0.1, 0.15) is 10.9 Å². The molecule has 0 bridgehead atoms. The normalized spacial score (nSPS) is 21.9. The van der Waals surface area contributed by atoms with Gasteiger partial charge >= 0.3 is 0 Å². The van der Waals surface area contributed by atoms with Crippen molar-refractivity contribution in [2.24, 2.45) is 0 Å². The summed E-state index contributed by atoms with van der Waals surface area (Å²) in [6.45, 7) is 4.45. The molecule has 38 heavy (non-hydrogen) atoms. The monoisotopic (exact) mass is 530 g/mol. The van der Waals surface area contributed by atoms with Gasteiger partial charge < -0.3 is 20.2 Å². The minimum absolute atomic E-state index is 0.139. The zero-order valence-electron chi connectivity index (χ0n) is 21.3. The second kappa shape index (κ2) is 10.6. The van der Waals surface area contributed by atoms with E-state index >= 15 is 0 Å². The van der Waals surface area contributed by atoms with Gasteiger partial charge in [0.05, 0.1) is 17.5 Å². The molecule has 9 heteroatoms. The molecule has 2 aliphatic rings. The Morgan fingerprint density at radius 3 is 2.58 bits per heavy atom. The van der Waals surface area contributed by atoms with E-state index in [-0.39, 0.29) is 18.2 Å². The molecule has 2 saturated heterocycles. The van der Waals surface area contributed by atoms with Crippen LogP contribution in [0.15, 0.2) is 79.1 Å². The number of rotatable bonds is 8. The molecule has 8 nitrogen and oxygen atoms in total. The Morgan fingerprint density at radius 2 is 1.87 bits per heavy atom. The van der Waals surface area contributed by atoms with Gasteiger partial charge in [-0.2, -0.15) is 0 Å². The van der Waals surface area contributed by atoms with Crippen LogP contribution in [0.4, 0.5) is 0 Å². The number of hydrogen-bond donors (Lipinski definition) is 2. The lowest BCUT2D eigenvalue weighted by Gasteiger charge is -2.53. The van der Waals surface area contributed by atoms with Crippen LogP contribution in [0.1, 0.15) is 34.0 Å². The lowest BCUT2D eigenvalue weighted by atomic mass is 9.91. The van der Waals surface area contributed by atoms with Gasteiger partial charge in [0.15, 0.2) is 6.10 Å². The van der Waals surface area contributed by atoms with Crippen LogP contribution in [0.2, 0.25) is 0 Å². The fourth-order valence-corrected chi connectivity index (χ4v) is 6.49. The number of amides is 3. The summed E-state index contributed by atoms with van der Waals surface area (Å²) in [6.07, 6.45) is 1.71. The van der Waals surface area contributed by atoms with E-state index in [1.54, 1.807) is 23.2 Å². The first kappa shape index (κ1) is 25.9. The summed E-state index contributed by atoms with van der Waals surface area (Å²) in [7, 11) is 0. The van der Waals surface area contributed by atoms with Crippen LogP contribution in [0, 0.1) is 6.92 Å². The minimum Gasteiger partial charge on any atom is -0.381 e. The summed E-state index contributed by atoms with van der Waals surface area (Å²) in [6, 6.07) is 19.0. The number of aliphatic hydroxyl groups excluding tert-OH is 1. The molecule has 0 spiro atoms. The van der Waals surface area contributed by atoms with Crippen LogP contribution in [0.3, 0.4) is 0 Å². The molecule has 2 aromatic carbocycles. The van der Waals surface area contributed by atoms with E-state index in [4.69, 9.17) is 0 Å². The van der Waals surface area contributed by atoms with Gasteiger partial charge in [0.25, 0.3) is 11.8 Å². The zero-order chi connectivity index (χ0) is 26.9. The smallest absolute Gasteiger partial charge is 0.255 e.